The lowest BCUT2D eigenvalue weighted by Gasteiger charge is -2.23. The van der Waals surface area contributed by atoms with Crippen LogP contribution in [0.25, 0.3) is 0 Å². The van der Waals surface area contributed by atoms with Gasteiger partial charge >= 0.3 is 0 Å². The van der Waals surface area contributed by atoms with Crippen LogP contribution in [0.3, 0.4) is 0 Å². The van der Waals surface area contributed by atoms with Crippen molar-refractivity contribution < 1.29 is 13.2 Å². The van der Waals surface area contributed by atoms with Gasteiger partial charge in [0.25, 0.3) is 0 Å². The lowest BCUT2D eigenvalue weighted by atomic mass is 10.1. The summed E-state index contributed by atoms with van der Waals surface area (Å²) in [7, 11) is -3.54. The van der Waals surface area contributed by atoms with Crippen molar-refractivity contribution in [2.45, 2.75) is 23.8 Å². The Morgan fingerprint density at radius 2 is 2.05 bits per heavy atom. The van der Waals surface area contributed by atoms with Gasteiger partial charge in [-0.3, -0.25) is 0 Å². The number of hydrogen-bond donors (Lipinski definition) is 2. The summed E-state index contributed by atoms with van der Waals surface area (Å²) in [4.78, 5) is 0.368. The first-order valence-electron chi connectivity index (χ1n) is 5.99. The first-order valence-corrected chi connectivity index (χ1v) is 7.88. The molecule has 1 aliphatic heterocycles. The highest BCUT2D eigenvalue weighted by Gasteiger charge is 2.22. The Morgan fingerprint density at radius 3 is 2.68 bits per heavy atom. The third-order valence-corrected chi connectivity index (χ3v) is 4.73. The van der Waals surface area contributed by atoms with Gasteiger partial charge in [0, 0.05) is 24.8 Å². The van der Waals surface area contributed by atoms with E-state index in [1.54, 1.807) is 12.1 Å². The molecule has 0 saturated carbocycles. The molecule has 2 rings (SSSR count). The molecule has 1 fully saturated rings. The van der Waals surface area contributed by atoms with E-state index in [1.165, 1.54) is 12.1 Å². The number of hydrogen-bond acceptors (Lipinski definition) is 4. The highest BCUT2D eigenvalue weighted by Crippen LogP contribution is 2.15. The van der Waals surface area contributed by atoms with Gasteiger partial charge in [-0.2, -0.15) is 0 Å². The van der Waals surface area contributed by atoms with Crippen molar-refractivity contribution in [3.63, 3.8) is 0 Å². The predicted octanol–water partition coefficient (Wildman–Crippen LogP) is 0.778. The molecule has 0 radical (unpaired) electrons. The normalized spacial score (nSPS) is 17.3. The molecular formula is C12H16N2O3S2. The smallest absolute Gasteiger partial charge is 0.240 e. The van der Waals surface area contributed by atoms with Gasteiger partial charge in [-0.15, -0.1) is 0 Å². The van der Waals surface area contributed by atoms with Crippen molar-refractivity contribution in [3.8, 4) is 0 Å². The fourth-order valence-corrected chi connectivity index (χ4v) is 3.40. The molecular weight excluding hydrogens is 284 g/mol. The minimum Gasteiger partial charge on any atom is -0.389 e. The van der Waals surface area contributed by atoms with Gasteiger partial charge in [0.15, 0.2) is 0 Å². The van der Waals surface area contributed by atoms with Gasteiger partial charge in [0.2, 0.25) is 10.0 Å². The molecule has 5 nitrogen and oxygen atoms in total. The Kier molecular flexibility index (Phi) is 4.51. The van der Waals surface area contributed by atoms with Crippen LogP contribution in [0, 0.1) is 0 Å². The maximum Gasteiger partial charge on any atom is 0.240 e. The van der Waals surface area contributed by atoms with E-state index in [-0.39, 0.29) is 15.9 Å². The second-order valence-electron chi connectivity index (χ2n) is 4.40. The average Bonchev–Trinajstić information content (AvgIpc) is 2.39. The van der Waals surface area contributed by atoms with Crippen LogP contribution in [0.5, 0.6) is 0 Å². The average molecular weight is 300 g/mol. The third-order valence-electron chi connectivity index (χ3n) is 2.97. The van der Waals surface area contributed by atoms with Crippen molar-refractivity contribution in [1.82, 2.24) is 4.72 Å². The quantitative estimate of drug-likeness (QED) is 0.803. The fraction of sp³-hybridized carbons (Fsp3) is 0.417. The van der Waals surface area contributed by atoms with Crippen LogP contribution in [0.1, 0.15) is 18.4 Å². The molecule has 0 aliphatic carbocycles. The number of nitrogens with one attached hydrogen (secondary N) is 1. The molecule has 1 aliphatic rings. The van der Waals surface area contributed by atoms with E-state index in [4.69, 9.17) is 22.7 Å². The van der Waals surface area contributed by atoms with Crippen molar-refractivity contribution in [2.75, 3.05) is 13.2 Å². The van der Waals surface area contributed by atoms with E-state index in [9.17, 15) is 8.42 Å². The number of sulfonamides is 1. The van der Waals surface area contributed by atoms with Crippen molar-refractivity contribution >= 4 is 27.2 Å². The van der Waals surface area contributed by atoms with Crippen LogP contribution in [0.15, 0.2) is 29.2 Å². The number of rotatable bonds is 4. The van der Waals surface area contributed by atoms with Crippen LogP contribution >= 0.6 is 12.2 Å². The number of ether oxygens (including phenoxy) is 1. The van der Waals surface area contributed by atoms with Gasteiger partial charge in [0.1, 0.15) is 4.99 Å². The van der Waals surface area contributed by atoms with Gasteiger partial charge in [-0.1, -0.05) is 24.4 Å². The Bertz CT molecular complexity index is 566. The van der Waals surface area contributed by atoms with Gasteiger partial charge < -0.3 is 10.5 Å². The van der Waals surface area contributed by atoms with E-state index in [0.717, 1.165) is 0 Å². The summed E-state index contributed by atoms with van der Waals surface area (Å²) in [6, 6.07) is 6.27. The monoisotopic (exact) mass is 300 g/mol. The third kappa shape index (κ3) is 3.73. The zero-order chi connectivity index (χ0) is 13.9. The van der Waals surface area contributed by atoms with Crippen LogP contribution in [-0.4, -0.2) is 32.7 Å². The molecule has 1 aromatic rings. The molecule has 104 valence electrons. The van der Waals surface area contributed by atoms with Gasteiger partial charge in [0.05, 0.1) is 4.90 Å². The zero-order valence-corrected chi connectivity index (χ0v) is 12.0. The molecule has 7 heteroatoms. The molecule has 3 N–H and O–H groups in total. The Balaban J connectivity index is 2.18. The van der Waals surface area contributed by atoms with E-state index >= 15 is 0 Å². The van der Waals surface area contributed by atoms with E-state index in [0.29, 0.717) is 31.6 Å². The number of thiocarbonyl (C=S) groups is 1. The summed E-state index contributed by atoms with van der Waals surface area (Å²) in [5, 5.41) is 0. The molecule has 0 amide bonds. The maximum absolute atomic E-state index is 12.2. The summed E-state index contributed by atoms with van der Waals surface area (Å²) in [5.74, 6) is 0. The summed E-state index contributed by atoms with van der Waals surface area (Å²) >= 11 is 4.85. The lowest BCUT2D eigenvalue weighted by Crippen LogP contribution is -2.38. The SMILES string of the molecule is NC(=S)c1cccc(S(=O)(=O)NC2CCOCC2)c1. The Labute approximate surface area is 118 Å². The molecule has 1 heterocycles. The van der Waals surface area contributed by atoms with Crippen LogP contribution in [0.4, 0.5) is 0 Å². The first kappa shape index (κ1) is 14.4. The minimum absolute atomic E-state index is 0.0766. The molecule has 0 atom stereocenters. The molecule has 0 unspecified atom stereocenters. The number of benzene rings is 1. The van der Waals surface area contributed by atoms with E-state index in [1.807, 2.05) is 0 Å². The van der Waals surface area contributed by atoms with Crippen LogP contribution < -0.4 is 10.5 Å². The summed E-state index contributed by atoms with van der Waals surface area (Å²) in [5.41, 5.74) is 6.06. The lowest BCUT2D eigenvalue weighted by molar-refractivity contribution is 0.0832. The van der Waals surface area contributed by atoms with Crippen molar-refractivity contribution in [3.05, 3.63) is 29.8 Å². The number of nitrogens with two attached hydrogens (primary N) is 1. The molecule has 0 spiro atoms. The van der Waals surface area contributed by atoms with E-state index in [2.05, 4.69) is 4.72 Å². The summed E-state index contributed by atoms with van der Waals surface area (Å²) in [6.07, 6.45) is 1.38. The predicted molar refractivity (Wildman–Crippen MR) is 76.5 cm³/mol. The first-order chi connectivity index (χ1) is 8.99. The summed E-state index contributed by atoms with van der Waals surface area (Å²) in [6.45, 7) is 1.17. The molecule has 1 saturated heterocycles. The topological polar surface area (TPSA) is 81.4 Å². The van der Waals surface area contributed by atoms with Crippen LogP contribution in [0.2, 0.25) is 0 Å². The van der Waals surface area contributed by atoms with Gasteiger partial charge in [-0.25, -0.2) is 13.1 Å². The maximum atomic E-state index is 12.2. The molecule has 0 bridgehead atoms. The Morgan fingerprint density at radius 1 is 1.37 bits per heavy atom. The minimum atomic E-state index is -3.54. The molecule has 1 aromatic carbocycles. The molecule has 19 heavy (non-hydrogen) atoms. The second kappa shape index (κ2) is 5.96. The summed E-state index contributed by atoms with van der Waals surface area (Å²) < 4.78 is 32.4. The van der Waals surface area contributed by atoms with E-state index < -0.39 is 10.0 Å². The van der Waals surface area contributed by atoms with Gasteiger partial charge in [-0.05, 0) is 25.0 Å². The van der Waals surface area contributed by atoms with Crippen molar-refractivity contribution in [2.24, 2.45) is 5.73 Å². The highest BCUT2D eigenvalue weighted by molar-refractivity contribution is 7.89. The van der Waals surface area contributed by atoms with Crippen LogP contribution in [-0.2, 0) is 14.8 Å². The largest absolute Gasteiger partial charge is 0.389 e. The molecule has 0 aromatic heterocycles. The fourth-order valence-electron chi connectivity index (χ4n) is 1.92. The highest BCUT2D eigenvalue weighted by atomic mass is 32.2. The second-order valence-corrected chi connectivity index (χ2v) is 6.55. The van der Waals surface area contributed by atoms with Crippen molar-refractivity contribution in [1.29, 1.82) is 0 Å². The zero-order valence-electron chi connectivity index (χ0n) is 10.3. The Hall–Kier alpha value is -1.02. The standard InChI is InChI=1S/C12H16N2O3S2/c13-12(18)9-2-1-3-11(8-9)19(15,16)14-10-4-6-17-7-5-10/h1-3,8,10,14H,4-7H2,(H2,13,18).